The van der Waals surface area contributed by atoms with Gasteiger partial charge in [-0.3, -0.25) is 9.78 Å². The molecule has 4 nitrogen and oxygen atoms in total. The number of hydrogen-bond acceptors (Lipinski definition) is 3. The van der Waals surface area contributed by atoms with E-state index in [0.717, 1.165) is 32.4 Å². The normalized spacial score (nSPS) is 18.7. The monoisotopic (exact) mass is 248 g/mol. The van der Waals surface area contributed by atoms with Crippen LogP contribution in [0.25, 0.3) is 0 Å². The Morgan fingerprint density at radius 3 is 2.83 bits per heavy atom. The zero-order valence-corrected chi connectivity index (χ0v) is 10.7. The Morgan fingerprint density at radius 1 is 1.56 bits per heavy atom. The average molecular weight is 248 g/mol. The topological polar surface area (TPSA) is 53.4 Å². The lowest BCUT2D eigenvalue weighted by Crippen LogP contribution is -2.41. The van der Waals surface area contributed by atoms with Gasteiger partial charge < -0.3 is 10.0 Å². The second-order valence-electron chi connectivity index (χ2n) is 4.85. The second kappa shape index (κ2) is 5.96. The number of aliphatic hydroxyl groups is 1. The third-order valence-corrected chi connectivity index (χ3v) is 3.70. The summed E-state index contributed by atoms with van der Waals surface area (Å²) in [7, 11) is 0. The summed E-state index contributed by atoms with van der Waals surface area (Å²) in [5.41, 5.74) is 0.645. The van der Waals surface area contributed by atoms with Crippen LogP contribution in [0, 0.1) is 5.92 Å². The van der Waals surface area contributed by atoms with Gasteiger partial charge in [-0.25, -0.2) is 0 Å². The number of pyridine rings is 1. The number of nitrogens with zero attached hydrogens (tertiary/aromatic N) is 2. The summed E-state index contributed by atoms with van der Waals surface area (Å²) in [6.07, 6.45) is 5.62. The van der Waals surface area contributed by atoms with E-state index in [0.29, 0.717) is 11.5 Å². The first-order valence-corrected chi connectivity index (χ1v) is 6.59. The molecule has 18 heavy (non-hydrogen) atoms. The first-order valence-electron chi connectivity index (χ1n) is 6.59. The maximum absolute atomic E-state index is 12.2. The molecule has 1 aromatic rings. The highest BCUT2D eigenvalue weighted by molar-refractivity contribution is 5.93. The largest absolute Gasteiger partial charge is 0.393 e. The number of carbonyl (C=O) groups excluding carboxylic acids is 1. The van der Waals surface area contributed by atoms with E-state index in [1.54, 1.807) is 24.5 Å². The lowest BCUT2D eigenvalue weighted by Gasteiger charge is -2.34. The fourth-order valence-corrected chi connectivity index (χ4v) is 2.49. The Bertz CT molecular complexity index is 386. The maximum Gasteiger partial charge on any atom is 0.255 e. The van der Waals surface area contributed by atoms with Gasteiger partial charge in [0.05, 0.1) is 11.7 Å². The summed E-state index contributed by atoms with van der Waals surface area (Å²) in [6.45, 7) is 3.46. The molecule has 1 atom stereocenters. The second-order valence-corrected chi connectivity index (χ2v) is 4.85. The zero-order chi connectivity index (χ0) is 13.0. The van der Waals surface area contributed by atoms with E-state index >= 15 is 0 Å². The predicted octanol–water partition coefficient (Wildman–Crippen LogP) is 1.70. The van der Waals surface area contributed by atoms with Crippen LogP contribution in [0.1, 0.15) is 36.5 Å². The van der Waals surface area contributed by atoms with Gasteiger partial charge >= 0.3 is 0 Å². The van der Waals surface area contributed by atoms with E-state index in [2.05, 4.69) is 4.98 Å². The SMILES string of the molecule is CCC(O)C1CCN(C(=O)c2cccnc2)CC1. The molecule has 1 unspecified atom stereocenters. The molecule has 4 heteroatoms. The van der Waals surface area contributed by atoms with Gasteiger partial charge in [-0.2, -0.15) is 0 Å². The molecule has 1 aliphatic rings. The third kappa shape index (κ3) is 2.88. The molecule has 1 fully saturated rings. The van der Waals surface area contributed by atoms with Gasteiger partial charge in [0.2, 0.25) is 0 Å². The van der Waals surface area contributed by atoms with Gasteiger partial charge in [-0.15, -0.1) is 0 Å². The van der Waals surface area contributed by atoms with Crippen LogP contribution in [0.4, 0.5) is 0 Å². The quantitative estimate of drug-likeness (QED) is 0.886. The highest BCUT2D eigenvalue weighted by Gasteiger charge is 2.26. The summed E-state index contributed by atoms with van der Waals surface area (Å²) in [5.74, 6) is 0.389. The highest BCUT2D eigenvalue weighted by atomic mass is 16.3. The number of piperidine rings is 1. The van der Waals surface area contributed by atoms with E-state index in [9.17, 15) is 9.90 Å². The smallest absolute Gasteiger partial charge is 0.255 e. The van der Waals surface area contributed by atoms with Crippen molar-refractivity contribution in [3.8, 4) is 0 Å². The highest BCUT2D eigenvalue weighted by Crippen LogP contribution is 2.23. The van der Waals surface area contributed by atoms with Crippen molar-refractivity contribution >= 4 is 5.91 Å². The van der Waals surface area contributed by atoms with Crippen molar-refractivity contribution in [1.29, 1.82) is 0 Å². The van der Waals surface area contributed by atoms with Crippen LogP contribution in [-0.4, -0.2) is 40.1 Å². The van der Waals surface area contributed by atoms with Crippen LogP contribution in [0.5, 0.6) is 0 Å². The molecule has 1 saturated heterocycles. The van der Waals surface area contributed by atoms with E-state index in [4.69, 9.17) is 0 Å². The van der Waals surface area contributed by atoms with Crippen molar-refractivity contribution < 1.29 is 9.90 Å². The molecule has 0 saturated carbocycles. The van der Waals surface area contributed by atoms with Gasteiger partial charge in [-0.05, 0) is 37.3 Å². The number of aromatic nitrogens is 1. The van der Waals surface area contributed by atoms with Crippen molar-refractivity contribution in [2.75, 3.05) is 13.1 Å². The average Bonchev–Trinajstić information content (AvgIpc) is 2.47. The first kappa shape index (κ1) is 13.0. The van der Waals surface area contributed by atoms with Crippen LogP contribution < -0.4 is 0 Å². The van der Waals surface area contributed by atoms with Crippen LogP contribution >= 0.6 is 0 Å². The van der Waals surface area contributed by atoms with Gasteiger partial charge in [0, 0.05) is 25.5 Å². The standard InChI is InChI=1S/C14H20N2O2/c1-2-13(17)11-5-8-16(9-6-11)14(18)12-4-3-7-15-10-12/h3-4,7,10-11,13,17H,2,5-6,8-9H2,1H3. The van der Waals surface area contributed by atoms with E-state index in [1.807, 2.05) is 11.8 Å². The molecule has 0 spiro atoms. The van der Waals surface area contributed by atoms with Crippen molar-refractivity contribution in [3.63, 3.8) is 0 Å². The minimum atomic E-state index is -0.222. The van der Waals surface area contributed by atoms with Crippen molar-refractivity contribution in [2.45, 2.75) is 32.3 Å². The summed E-state index contributed by atoms with van der Waals surface area (Å²) >= 11 is 0. The molecule has 2 rings (SSSR count). The molecule has 1 aliphatic heterocycles. The van der Waals surface area contributed by atoms with Crippen molar-refractivity contribution in [2.24, 2.45) is 5.92 Å². The number of aliphatic hydroxyl groups excluding tert-OH is 1. The minimum Gasteiger partial charge on any atom is -0.393 e. The number of rotatable bonds is 3. The Labute approximate surface area is 108 Å². The minimum absolute atomic E-state index is 0.0486. The van der Waals surface area contributed by atoms with E-state index in [-0.39, 0.29) is 12.0 Å². The molecule has 0 aliphatic carbocycles. The number of amides is 1. The fourth-order valence-electron chi connectivity index (χ4n) is 2.49. The molecule has 2 heterocycles. The van der Waals surface area contributed by atoms with Crippen LogP contribution in [-0.2, 0) is 0 Å². The van der Waals surface area contributed by atoms with Crippen LogP contribution in [0.2, 0.25) is 0 Å². The lowest BCUT2D eigenvalue weighted by molar-refractivity contribution is 0.0453. The molecular formula is C14H20N2O2. The molecule has 1 N–H and O–H groups in total. The first-order chi connectivity index (χ1) is 8.72. The van der Waals surface area contributed by atoms with Crippen molar-refractivity contribution in [3.05, 3.63) is 30.1 Å². The Morgan fingerprint density at radius 2 is 2.28 bits per heavy atom. The summed E-state index contributed by atoms with van der Waals surface area (Å²) in [5, 5.41) is 9.81. The summed E-state index contributed by atoms with van der Waals surface area (Å²) in [4.78, 5) is 18.0. The fraction of sp³-hybridized carbons (Fsp3) is 0.571. The molecular weight excluding hydrogens is 228 g/mol. The van der Waals surface area contributed by atoms with Gasteiger partial charge in [0.25, 0.3) is 5.91 Å². The molecule has 0 aromatic carbocycles. The maximum atomic E-state index is 12.2. The number of hydrogen-bond donors (Lipinski definition) is 1. The number of carbonyl (C=O) groups is 1. The van der Waals surface area contributed by atoms with Crippen LogP contribution in [0.15, 0.2) is 24.5 Å². The van der Waals surface area contributed by atoms with Gasteiger partial charge in [-0.1, -0.05) is 6.92 Å². The molecule has 0 radical (unpaired) electrons. The summed E-state index contributed by atoms with van der Waals surface area (Å²) < 4.78 is 0. The van der Waals surface area contributed by atoms with E-state index in [1.165, 1.54) is 0 Å². The zero-order valence-electron chi connectivity index (χ0n) is 10.7. The molecule has 98 valence electrons. The number of likely N-dealkylation sites (tertiary alicyclic amines) is 1. The molecule has 1 amide bonds. The Balaban J connectivity index is 1.92. The summed E-state index contributed by atoms with van der Waals surface area (Å²) in [6, 6.07) is 3.57. The predicted molar refractivity (Wildman–Crippen MR) is 69.2 cm³/mol. The molecule has 0 bridgehead atoms. The van der Waals surface area contributed by atoms with Gasteiger partial charge in [0.15, 0.2) is 0 Å². The molecule has 1 aromatic heterocycles. The van der Waals surface area contributed by atoms with Crippen molar-refractivity contribution in [1.82, 2.24) is 9.88 Å². The van der Waals surface area contributed by atoms with Gasteiger partial charge in [0.1, 0.15) is 0 Å². The van der Waals surface area contributed by atoms with Crippen LogP contribution in [0.3, 0.4) is 0 Å². The Hall–Kier alpha value is -1.42. The Kier molecular flexibility index (Phi) is 4.31. The lowest BCUT2D eigenvalue weighted by atomic mass is 9.90. The third-order valence-electron chi connectivity index (χ3n) is 3.70. The van der Waals surface area contributed by atoms with E-state index < -0.39 is 0 Å².